The second-order valence-electron chi connectivity index (χ2n) is 12.2. The van der Waals surface area contributed by atoms with Crippen LogP contribution in [0, 0.1) is 12.7 Å². The van der Waals surface area contributed by atoms with Gasteiger partial charge in [-0.3, -0.25) is 14.5 Å². The second kappa shape index (κ2) is 14.0. The molecule has 2 N–H and O–H groups in total. The summed E-state index contributed by atoms with van der Waals surface area (Å²) in [7, 11) is 0. The Labute approximate surface area is 284 Å². The van der Waals surface area contributed by atoms with Gasteiger partial charge in [0.1, 0.15) is 5.82 Å². The molecule has 0 saturated carbocycles. The largest absolute Gasteiger partial charge is 0.336 e. The van der Waals surface area contributed by atoms with Crippen LogP contribution in [-0.2, 0) is 6.54 Å². The third kappa shape index (κ3) is 7.32. The number of nitrogens with zero attached hydrogens (tertiary/aromatic N) is 4. The van der Waals surface area contributed by atoms with Gasteiger partial charge in [-0.1, -0.05) is 66.7 Å². The monoisotopic (exact) mass is 650 g/mol. The van der Waals surface area contributed by atoms with E-state index in [1.54, 1.807) is 36.4 Å². The Morgan fingerprint density at radius 3 is 2.20 bits per heavy atom. The van der Waals surface area contributed by atoms with Gasteiger partial charge in [0, 0.05) is 66.2 Å². The fourth-order valence-electron chi connectivity index (χ4n) is 6.01. The molecule has 1 aromatic heterocycles. The number of fused-ring (bicyclic) bond motifs is 1. The smallest absolute Gasteiger partial charge is 0.255 e. The summed E-state index contributed by atoms with van der Waals surface area (Å²) >= 11 is 0. The summed E-state index contributed by atoms with van der Waals surface area (Å²) in [6.45, 7) is 5.25. The Balaban J connectivity index is 0.993. The summed E-state index contributed by atoms with van der Waals surface area (Å²) in [5.41, 5.74) is 6.90. The van der Waals surface area contributed by atoms with Gasteiger partial charge in [0.2, 0.25) is 5.95 Å². The predicted molar refractivity (Wildman–Crippen MR) is 191 cm³/mol. The first-order chi connectivity index (χ1) is 23.9. The van der Waals surface area contributed by atoms with Crippen molar-refractivity contribution in [3.05, 3.63) is 149 Å². The first kappa shape index (κ1) is 31.7. The first-order valence-electron chi connectivity index (χ1n) is 16.3. The van der Waals surface area contributed by atoms with E-state index in [-0.39, 0.29) is 17.6 Å². The van der Waals surface area contributed by atoms with E-state index in [0.717, 1.165) is 52.1 Å². The number of para-hydroxylation sites is 1. The van der Waals surface area contributed by atoms with Crippen molar-refractivity contribution in [1.82, 2.24) is 19.8 Å². The number of hydrogen-bond acceptors (Lipinski definition) is 6. The van der Waals surface area contributed by atoms with E-state index in [4.69, 9.17) is 9.97 Å². The highest BCUT2D eigenvalue weighted by molar-refractivity contribution is 6.06. The normalized spacial score (nSPS) is 13.3. The molecular formula is C40H35FN6O2. The number of carbonyl (C=O) groups is 2. The van der Waals surface area contributed by atoms with Gasteiger partial charge in [0.15, 0.2) is 0 Å². The summed E-state index contributed by atoms with van der Waals surface area (Å²) < 4.78 is 13.3. The highest BCUT2D eigenvalue weighted by Crippen LogP contribution is 2.28. The summed E-state index contributed by atoms with van der Waals surface area (Å²) in [5, 5.41) is 7.24. The number of aromatic nitrogens is 2. The Morgan fingerprint density at radius 1 is 0.755 bits per heavy atom. The number of piperazine rings is 1. The molecule has 244 valence electrons. The number of rotatable bonds is 8. The quantitative estimate of drug-likeness (QED) is 0.176. The Morgan fingerprint density at radius 2 is 1.45 bits per heavy atom. The van der Waals surface area contributed by atoms with E-state index >= 15 is 0 Å². The molecule has 1 saturated heterocycles. The SMILES string of the molecule is Cc1ccc(C(=O)N2CCN(Cc3ccc(F)cc3)CC2)cc1NC(=O)c1ccc(Nc2nc(-c3ccccc3)c3ccccc3n2)cc1. The minimum absolute atomic E-state index is 0.0707. The lowest BCUT2D eigenvalue weighted by molar-refractivity contribution is 0.0628. The zero-order valence-electron chi connectivity index (χ0n) is 27.1. The van der Waals surface area contributed by atoms with Crippen molar-refractivity contribution in [3.63, 3.8) is 0 Å². The van der Waals surface area contributed by atoms with Crippen LogP contribution in [0.15, 0.2) is 121 Å². The van der Waals surface area contributed by atoms with Crippen LogP contribution in [0.25, 0.3) is 22.2 Å². The number of anilines is 3. The van der Waals surface area contributed by atoms with E-state index in [9.17, 15) is 14.0 Å². The van der Waals surface area contributed by atoms with E-state index in [0.29, 0.717) is 42.4 Å². The minimum atomic E-state index is -0.276. The van der Waals surface area contributed by atoms with Crippen LogP contribution in [0.5, 0.6) is 0 Å². The maximum Gasteiger partial charge on any atom is 0.255 e. The van der Waals surface area contributed by atoms with Crippen molar-refractivity contribution < 1.29 is 14.0 Å². The second-order valence-corrected chi connectivity index (χ2v) is 12.2. The maximum atomic E-state index is 13.4. The average Bonchev–Trinajstić information content (AvgIpc) is 3.14. The zero-order valence-corrected chi connectivity index (χ0v) is 27.1. The highest BCUT2D eigenvalue weighted by atomic mass is 19.1. The number of hydrogen-bond donors (Lipinski definition) is 2. The topological polar surface area (TPSA) is 90.5 Å². The van der Waals surface area contributed by atoms with Crippen LogP contribution < -0.4 is 10.6 Å². The van der Waals surface area contributed by atoms with Gasteiger partial charge in [-0.05, 0) is 72.6 Å². The molecule has 9 heteroatoms. The average molecular weight is 651 g/mol. The van der Waals surface area contributed by atoms with Gasteiger partial charge in [-0.15, -0.1) is 0 Å². The molecule has 2 heterocycles. The molecule has 8 nitrogen and oxygen atoms in total. The van der Waals surface area contributed by atoms with Gasteiger partial charge in [0.05, 0.1) is 11.2 Å². The third-order valence-corrected chi connectivity index (χ3v) is 8.77. The number of aryl methyl sites for hydroxylation is 1. The van der Waals surface area contributed by atoms with Crippen molar-refractivity contribution in [2.24, 2.45) is 0 Å². The van der Waals surface area contributed by atoms with Gasteiger partial charge in [0.25, 0.3) is 11.8 Å². The molecule has 1 aliphatic rings. The van der Waals surface area contributed by atoms with Crippen LogP contribution in [-0.4, -0.2) is 57.8 Å². The molecule has 0 aliphatic carbocycles. The van der Waals surface area contributed by atoms with Gasteiger partial charge in [-0.25, -0.2) is 14.4 Å². The number of nitrogens with one attached hydrogen (secondary N) is 2. The Bertz CT molecular complexity index is 2110. The van der Waals surface area contributed by atoms with Gasteiger partial charge < -0.3 is 15.5 Å². The first-order valence-corrected chi connectivity index (χ1v) is 16.3. The fraction of sp³-hybridized carbons (Fsp3) is 0.150. The molecule has 2 amide bonds. The van der Waals surface area contributed by atoms with Crippen molar-refractivity contribution >= 4 is 40.0 Å². The standard InChI is InChI=1S/C40H35FN6O2/c1-27-11-14-31(39(49)47-23-21-46(22-24-47)26-28-12-17-32(41)18-13-28)25-36(27)43-38(48)30-15-19-33(20-16-30)42-40-44-35-10-6-5-9-34(35)37(45-40)29-7-3-2-4-8-29/h2-20,25H,21-24,26H2,1H3,(H,43,48)(H,42,44,45). The molecular weight excluding hydrogens is 615 g/mol. The van der Waals surface area contributed by atoms with Gasteiger partial charge >= 0.3 is 0 Å². The molecule has 0 bridgehead atoms. The molecule has 1 aliphatic heterocycles. The minimum Gasteiger partial charge on any atom is -0.336 e. The summed E-state index contributed by atoms with van der Waals surface area (Å²) in [6, 6.07) is 37.0. The van der Waals surface area contributed by atoms with Crippen LogP contribution in [0.3, 0.4) is 0 Å². The lowest BCUT2D eigenvalue weighted by Crippen LogP contribution is -2.48. The van der Waals surface area contributed by atoms with Crippen LogP contribution in [0.4, 0.5) is 21.7 Å². The van der Waals surface area contributed by atoms with E-state index in [1.165, 1.54) is 12.1 Å². The van der Waals surface area contributed by atoms with E-state index in [2.05, 4.69) is 15.5 Å². The molecule has 7 rings (SSSR count). The van der Waals surface area contributed by atoms with Crippen molar-refractivity contribution in [1.29, 1.82) is 0 Å². The van der Waals surface area contributed by atoms with Crippen molar-refractivity contribution in [2.45, 2.75) is 13.5 Å². The summed E-state index contributed by atoms with van der Waals surface area (Å²) in [6.07, 6.45) is 0. The van der Waals surface area contributed by atoms with E-state index in [1.807, 2.05) is 84.6 Å². The maximum absolute atomic E-state index is 13.4. The number of benzene rings is 5. The molecule has 49 heavy (non-hydrogen) atoms. The fourth-order valence-corrected chi connectivity index (χ4v) is 6.01. The molecule has 0 atom stereocenters. The van der Waals surface area contributed by atoms with E-state index < -0.39 is 0 Å². The summed E-state index contributed by atoms with van der Waals surface area (Å²) in [5.74, 6) is -0.133. The predicted octanol–water partition coefficient (Wildman–Crippen LogP) is 7.70. The lowest BCUT2D eigenvalue weighted by atomic mass is 10.1. The number of halogens is 1. The van der Waals surface area contributed by atoms with Crippen molar-refractivity contribution in [3.8, 4) is 11.3 Å². The van der Waals surface area contributed by atoms with Crippen molar-refractivity contribution in [2.75, 3.05) is 36.8 Å². The third-order valence-electron chi connectivity index (χ3n) is 8.77. The summed E-state index contributed by atoms with van der Waals surface area (Å²) in [4.78, 5) is 40.3. The molecule has 0 radical (unpaired) electrons. The van der Waals surface area contributed by atoms with Crippen LogP contribution >= 0.6 is 0 Å². The van der Waals surface area contributed by atoms with Gasteiger partial charge in [-0.2, -0.15) is 0 Å². The van der Waals surface area contributed by atoms with Crippen LogP contribution in [0.1, 0.15) is 31.8 Å². The Kier molecular flexibility index (Phi) is 9.08. The Hall–Kier alpha value is -5.93. The zero-order chi connectivity index (χ0) is 33.7. The molecule has 5 aromatic carbocycles. The number of carbonyl (C=O) groups excluding carboxylic acids is 2. The molecule has 0 unspecified atom stereocenters. The highest BCUT2D eigenvalue weighted by Gasteiger charge is 2.23. The molecule has 0 spiro atoms. The molecule has 1 fully saturated rings. The van der Waals surface area contributed by atoms with Crippen LogP contribution in [0.2, 0.25) is 0 Å². The molecule has 6 aromatic rings. The number of amides is 2. The lowest BCUT2D eigenvalue weighted by Gasteiger charge is -2.35.